The van der Waals surface area contributed by atoms with Crippen LogP contribution >= 0.6 is 0 Å². The molecular weight excluding hydrogens is 288 g/mol. The molecule has 5 heteroatoms. The number of alkyl halides is 2. The fourth-order valence-electron chi connectivity index (χ4n) is 1.98. The van der Waals surface area contributed by atoms with E-state index in [1.807, 2.05) is 30.3 Å². The Balaban J connectivity index is 2.22. The lowest BCUT2D eigenvalue weighted by Crippen LogP contribution is -2.30. The average molecular weight is 303 g/mol. The number of amides is 1. The summed E-state index contributed by atoms with van der Waals surface area (Å²) in [6, 6.07) is 14.8. The predicted octanol–water partition coefficient (Wildman–Crippen LogP) is 4.12. The highest BCUT2D eigenvalue weighted by Crippen LogP contribution is 2.19. The SMILES string of the molecule is C=CCN(C(=O)c1ccc(OC(F)F)cc1)c1ccccc1. The highest BCUT2D eigenvalue weighted by atomic mass is 19.3. The summed E-state index contributed by atoms with van der Waals surface area (Å²) in [5, 5.41) is 0. The van der Waals surface area contributed by atoms with E-state index in [2.05, 4.69) is 11.3 Å². The molecule has 0 aliphatic rings. The van der Waals surface area contributed by atoms with E-state index < -0.39 is 6.61 Å². The molecule has 2 aromatic carbocycles. The zero-order chi connectivity index (χ0) is 15.9. The molecule has 0 aromatic heterocycles. The second-order valence-corrected chi connectivity index (χ2v) is 4.44. The molecular formula is C17H15F2NO2. The van der Waals surface area contributed by atoms with E-state index in [-0.39, 0.29) is 11.7 Å². The molecule has 22 heavy (non-hydrogen) atoms. The third kappa shape index (κ3) is 3.91. The molecule has 0 unspecified atom stereocenters. The van der Waals surface area contributed by atoms with E-state index in [1.165, 1.54) is 24.3 Å². The number of hydrogen-bond acceptors (Lipinski definition) is 2. The molecule has 0 radical (unpaired) electrons. The number of halogens is 2. The molecule has 0 saturated heterocycles. The molecule has 2 rings (SSSR count). The van der Waals surface area contributed by atoms with E-state index in [0.29, 0.717) is 12.1 Å². The van der Waals surface area contributed by atoms with Crippen molar-refractivity contribution in [2.24, 2.45) is 0 Å². The van der Waals surface area contributed by atoms with Crippen molar-refractivity contribution in [1.82, 2.24) is 0 Å². The Kier molecular flexibility index (Phi) is 5.25. The Morgan fingerprint density at radius 2 is 1.77 bits per heavy atom. The summed E-state index contributed by atoms with van der Waals surface area (Å²) in [5.74, 6) is -0.226. The number of hydrogen-bond donors (Lipinski definition) is 0. The molecule has 0 fully saturated rings. The average Bonchev–Trinajstić information content (AvgIpc) is 2.53. The number of anilines is 1. The van der Waals surface area contributed by atoms with Crippen molar-refractivity contribution in [3.8, 4) is 5.75 Å². The zero-order valence-electron chi connectivity index (χ0n) is 11.8. The molecule has 0 N–H and O–H groups in total. The van der Waals surface area contributed by atoms with Gasteiger partial charge in [0.15, 0.2) is 0 Å². The normalized spacial score (nSPS) is 10.3. The van der Waals surface area contributed by atoms with Gasteiger partial charge in [-0.3, -0.25) is 4.79 Å². The fourth-order valence-corrected chi connectivity index (χ4v) is 1.98. The topological polar surface area (TPSA) is 29.5 Å². The maximum absolute atomic E-state index is 12.6. The van der Waals surface area contributed by atoms with Gasteiger partial charge in [0.1, 0.15) is 5.75 Å². The van der Waals surface area contributed by atoms with Crippen LogP contribution in [0.1, 0.15) is 10.4 Å². The lowest BCUT2D eigenvalue weighted by molar-refractivity contribution is -0.0498. The monoisotopic (exact) mass is 303 g/mol. The minimum absolute atomic E-state index is 0.0153. The van der Waals surface area contributed by atoms with Crippen LogP contribution in [0.2, 0.25) is 0 Å². The molecule has 0 aliphatic carbocycles. The lowest BCUT2D eigenvalue weighted by Gasteiger charge is -2.21. The highest BCUT2D eigenvalue weighted by Gasteiger charge is 2.16. The smallest absolute Gasteiger partial charge is 0.387 e. The lowest BCUT2D eigenvalue weighted by atomic mass is 10.1. The Morgan fingerprint density at radius 1 is 1.14 bits per heavy atom. The summed E-state index contributed by atoms with van der Waals surface area (Å²) in [5.41, 5.74) is 1.12. The molecule has 2 aromatic rings. The highest BCUT2D eigenvalue weighted by molar-refractivity contribution is 6.06. The number of ether oxygens (including phenoxy) is 1. The van der Waals surface area contributed by atoms with Gasteiger partial charge in [0, 0.05) is 17.8 Å². The number of carbonyl (C=O) groups excluding carboxylic acids is 1. The number of carbonyl (C=O) groups is 1. The van der Waals surface area contributed by atoms with Crippen LogP contribution in [-0.2, 0) is 0 Å². The van der Waals surface area contributed by atoms with Gasteiger partial charge in [0.05, 0.1) is 0 Å². The van der Waals surface area contributed by atoms with Gasteiger partial charge in [-0.1, -0.05) is 24.3 Å². The van der Waals surface area contributed by atoms with Crippen molar-refractivity contribution >= 4 is 11.6 Å². The van der Waals surface area contributed by atoms with Crippen molar-refractivity contribution in [1.29, 1.82) is 0 Å². The van der Waals surface area contributed by atoms with Crippen molar-refractivity contribution in [2.45, 2.75) is 6.61 Å². The summed E-state index contributed by atoms with van der Waals surface area (Å²) >= 11 is 0. The van der Waals surface area contributed by atoms with E-state index in [4.69, 9.17) is 0 Å². The van der Waals surface area contributed by atoms with Gasteiger partial charge in [-0.2, -0.15) is 8.78 Å². The van der Waals surface area contributed by atoms with Crippen LogP contribution in [0.15, 0.2) is 67.3 Å². The molecule has 114 valence electrons. The summed E-state index contributed by atoms with van der Waals surface area (Å²) < 4.78 is 28.5. The molecule has 0 spiro atoms. The quantitative estimate of drug-likeness (QED) is 0.751. The van der Waals surface area contributed by atoms with Gasteiger partial charge in [-0.05, 0) is 36.4 Å². The molecule has 0 saturated carbocycles. The van der Waals surface area contributed by atoms with Gasteiger partial charge >= 0.3 is 6.61 Å². The Bertz CT molecular complexity index is 627. The van der Waals surface area contributed by atoms with Crippen LogP contribution in [0.25, 0.3) is 0 Å². The van der Waals surface area contributed by atoms with Gasteiger partial charge < -0.3 is 9.64 Å². The first-order valence-corrected chi connectivity index (χ1v) is 6.64. The second kappa shape index (κ2) is 7.36. The van der Waals surface area contributed by atoms with Crippen molar-refractivity contribution < 1.29 is 18.3 Å². The Labute approximate surface area is 127 Å². The van der Waals surface area contributed by atoms with Crippen LogP contribution in [0.4, 0.5) is 14.5 Å². The first-order chi connectivity index (χ1) is 10.6. The van der Waals surface area contributed by atoms with Crippen molar-refractivity contribution in [3.63, 3.8) is 0 Å². The van der Waals surface area contributed by atoms with Gasteiger partial charge in [-0.15, -0.1) is 6.58 Å². The minimum Gasteiger partial charge on any atom is -0.435 e. The number of rotatable bonds is 6. The Hall–Kier alpha value is -2.69. The predicted molar refractivity (Wildman–Crippen MR) is 81.4 cm³/mol. The molecule has 0 heterocycles. The van der Waals surface area contributed by atoms with E-state index in [9.17, 15) is 13.6 Å². The van der Waals surface area contributed by atoms with Crippen LogP contribution in [0.3, 0.4) is 0 Å². The molecule has 0 aliphatic heterocycles. The molecule has 0 atom stereocenters. The van der Waals surface area contributed by atoms with Gasteiger partial charge in [0.25, 0.3) is 5.91 Å². The van der Waals surface area contributed by atoms with Gasteiger partial charge in [-0.25, -0.2) is 0 Å². The van der Waals surface area contributed by atoms with Crippen LogP contribution in [0, 0.1) is 0 Å². The van der Waals surface area contributed by atoms with E-state index >= 15 is 0 Å². The second-order valence-electron chi connectivity index (χ2n) is 4.44. The summed E-state index contributed by atoms with van der Waals surface area (Å²) in [7, 11) is 0. The molecule has 3 nitrogen and oxygen atoms in total. The number of benzene rings is 2. The molecule has 0 bridgehead atoms. The molecule has 1 amide bonds. The standard InChI is InChI=1S/C17H15F2NO2/c1-2-12-20(14-6-4-3-5-7-14)16(21)13-8-10-15(11-9-13)22-17(18)19/h2-11,17H,1,12H2. The van der Waals surface area contributed by atoms with Crippen molar-refractivity contribution in [3.05, 3.63) is 72.8 Å². The Morgan fingerprint density at radius 3 is 2.32 bits per heavy atom. The first kappa shape index (κ1) is 15.7. The number of para-hydroxylation sites is 1. The van der Waals surface area contributed by atoms with Crippen LogP contribution in [-0.4, -0.2) is 19.1 Å². The third-order valence-electron chi connectivity index (χ3n) is 2.95. The summed E-state index contributed by atoms with van der Waals surface area (Å²) in [6.45, 7) is 1.11. The summed E-state index contributed by atoms with van der Waals surface area (Å²) in [4.78, 5) is 14.1. The maximum atomic E-state index is 12.6. The largest absolute Gasteiger partial charge is 0.435 e. The van der Waals surface area contributed by atoms with Crippen molar-refractivity contribution in [2.75, 3.05) is 11.4 Å². The number of nitrogens with zero attached hydrogens (tertiary/aromatic N) is 1. The zero-order valence-corrected chi connectivity index (χ0v) is 11.8. The fraction of sp³-hybridized carbons (Fsp3) is 0.118. The van der Waals surface area contributed by atoms with E-state index in [0.717, 1.165) is 5.69 Å². The first-order valence-electron chi connectivity index (χ1n) is 6.64. The minimum atomic E-state index is -2.89. The third-order valence-corrected chi connectivity index (χ3v) is 2.95. The van der Waals surface area contributed by atoms with Gasteiger partial charge in [0.2, 0.25) is 0 Å². The maximum Gasteiger partial charge on any atom is 0.387 e. The van der Waals surface area contributed by atoms with Crippen LogP contribution in [0.5, 0.6) is 5.75 Å². The van der Waals surface area contributed by atoms with E-state index in [1.54, 1.807) is 11.0 Å². The van der Waals surface area contributed by atoms with Crippen LogP contribution < -0.4 is 9.64 Å². The summed E-state index contributed by atoms with van der Waals surface area (Å²) in [6.07, 6.45) is 1.62.